The molecule has 1 aliphatic heterocycles. The fourth-order valence-electron chi connectivity index (χ4n) is 3.42. The number of rotatable bonds is 7. The summed E-state index contributed by atoms with van der Waals surface area (Å²) in [6.45, 7) is 12.4. The second kappa shape index (κ2) is 15.9. The smallest absolute Gasteiger partial charge is 0.281 e. The molecule has 0 spiro atoms. The van der Waals surface area contributed by atoms with Crippen molar-refractivity contribution in [1.29, 1.82) is 0 Å². The molecule has 0 radical (unpaired) electrons. The van der Waals surface area contributed by atoms with Gasteiger partial charge in [-0.3, -0.25) is 4.79 Å². The number of nitrogens with one attached hydrogen (secondary N) is 2. The lowest BCUT2D eigenvalue weighted by Crippen LogP contribution is -2.33. The number of amidine groups is 1. The Morgan fingerprint density at radius 1 is 1.15 bits per heavy atom. The molecule has 5 rings (SSSR count). The molecule has 212 valence electrons. The van der Waals surface area contributed by atoms with Gasteiger partial charge in [-0.2, -0.15) is 9.50 Å². The standard InChI is InChI=1S/C21H18ClN5O3S3.3C2H6/c1-31-25-12-4-5-13-15(10-12)33(30)26-20(23-13)17-19(28)18(14-6-7-16(22)32-14)24-27(21(17)29)9-8-11-2-3-11;3*1-2/h2-7,10-11,25,28H,8-9H2,1H3,(H,23,26);3*1-2H3. The van der Waals surface area contributed by atoms with E-state index in [-0.39, 0.29) is 22.8 Å². The molecule has 1 aliphatic carbocycles. The highest BCUT2D eigenvalue weighted by Crippen LogP contribution is 2.37. The monoisotopic (exact) mass is 609 g/mol. The van der Waals surface area contributed by atoms with Gasteiger partial charge in [0.05, 0.1) is 19.8 Å². The maximum atomic E-state index is 13.3. The Kier molecular flexibility index (Phi) is 13.3. The third-order valence-corrected chi connectivity index (χ3v) is 7.87. The first-order valence-electron chi connectivity index (χ1n) is 12.9. The average Bonchev–Trinajstić information content (AvgIpc) is 3.70. The molecular weight excluding hydrogens is 574 g/mol. The van der Waals surface area contributed by atoms with Crippen LogP contribution in [-0.4, -0.2) is 31.2 Å². The van der Waals surface area contributed by atoms with Gasteiger partial charge in [-0.05, 0) is 42.7 Å². The fraction of sp³-hybridized carbons (Fsp3) is 0.370. The Balaban J connectivity index is 0.000000833. The molecule has 0 saturated carbocycles. The predicted molar refractivity (Wildman–Crippen MR) is 170 cm³/mol. The fourth-order valence-corrected chi connectivity index (χ4v) is 5.75. The van der Waals surface area contributed by atoms with E-state index in [1.54, 1.807) is 24.3 Å². The van der Waals surface area contributed by atoms with Crippen LogP contribution in [0.5, 0.6) is 5.75 Å². The van der Waals surface area contributed by atoms with E-state index in [9.17, 15) is 14.1 Å². The summed E-state index contributed by atoms with van der Waals surface area (Å²) in [6.07, 6.45) is 6.72. The Bertz CT molecular complexity index is 1400. The summed E-state index contributed by atoms with van der Waals surface area (Å²) in [5.41, 5.74) is 0.987. The van der Waals surface area contributed by atoms with Crippen molar-refractivity contribution in [1.82, 2.24) is 9.78 Å². The molecule has 0 bridgehead atoms. The molecule has 0 saturated heterocycles. The number of aryl methyl sites for hydroxylation is 1. The van der Waals surface area contributed by atoms with Gasteiger partial charge >= 0.3 is 0 Å². The van der Waals surface area contributed by atoms with Crippen molar-refractivity contribution in [2.45, 2.75) is 59.4 Å². The summed E-state index contributed by atoms with van der Waals surface area (Å²) in [5, 5.41) is 18.6. The van der Waals surface area contributed by atoms with Gasteiger partial charge in [-0.15, -0.1) is 11.3 Å². The SMILES string of the molecule is CC.CC.CC.CSNc1ccc2c(c1)S(=O)N=C(c1c(O)c(-c3ccc(Cl)s3)nn(CCC3C=C3)c1=O)N2. The third kappa shape index (κ3) is 7.97. The van der Waals surface area contributed by atoms with Gasteiger partial charge in [0, 0.05) is 18.5 Å². The Morgan fingerprint density at radius 3 is 2.44 bits per heavy atom. The lowest BCUT2D eigenvalue weighted by atomic mass is 10.1. The zero-order valence-corrected chi connectivity index (χ0v) is 26.4. The van der Waals surface area contributed by atoms with Gasteiger partial charge in [0.1, 0.15) is 11.3 Å². The van der Waals surface area contributed by atoms with E-state index in [1.165, 1.54) is 28.0 Å². The van der Waals surface area contributed by atoms with Gasteiger partial charge < -0.3 is 15.1 Å². The van der Waals surface area contributed by atoms with Crippen molar-refractivity contribution in [3.8, 4) is 16.3 Å². The van der Waals surface area contributed by atoms with Crippen molar-refractivity contribution in [3.63, 3.8) is 0 Å². The number of benzene rings is 1. The molecule has 1 unspecified atom stereocenters. The highest BCUT2D eigenvalue weighted by molar-refractivity contribution is 7.99. The minimum atomic E-state index is -1.76. The van der Waals surface area contributed by atoms with E-state index < -0.39 is 16.5 Å². The minimum Gasteiger partial charge on any atom is -0.505 e. The quantitative estimate of drug-likeness (QED) is 0.187. The van der Waals surface area contributed by atoms with Crippen LogP contribution in [-0.2, 0) is 17.5 Å². The lowest BCUT2D eigenvalue weighted by Gasteiger charge is -2.20. The number of allylic oxidation sites excluding steroid dienone is 2. The first-order valence-corrected chi connectivity index (χ1v) is 16.5. The maximum Gasteiger partial charge on any atom is 0.281 e. The molecule has 2 aromatic heterocycles. The van der Waals surface area contributed by atoms with Crippen LogP contribution in [0, 0.1) is 5.92 Å². The van der Waals surface area contributed by atoms with Crippen LogP contribution in [0.15, 0.2) is 56.6 Å². The first-order chi connectivity index (χ1) is 18.9. The molecule has 3 aromatic rings. The molecule has 8 nitrogen and oxygen atoms in total. The van der Waals surface area contributed by atoms with Crippen LogP contribution < -0.4 is 15.6 Å². The van der Waals surface area contributed by atoms with Crippen LogP contribution in [0.2, 0.25) is 4.34 Å². The number of anilines is 2. The molecule has 0 amide bonds. The van der Waals surface area contributed by atoms with Crippen molar-refractivity contribution in [2.75, 3.05) is 16.3 Å². The Labute approximate surface area is 246 Å². The lowest BCUT2D eigenvalue weighted by molar-refractivity contribution is 0.457. The van der Waals surface area contributed by atoms with Gasteiger partial charge in [-0.25, -0.2) is 8.89 Å². The van der Waals surface area contributed by atoms with Gasteiger partial charge in [0.2, 0.25) is 0 Å². The predicted octanol–water partition coefficient (Wildman–Crippen LogP) is 7.57. The van der Waals surface area contributed by atoms with E-state index in [0.29, 0.717) is 32.3 Å². The second-order valence-electron chi connectivity index (χ2n) is 7.37. The topological polar surface area (TPSA) is 109 Å². The van der Waals surface area contributed by atoms with Crippen molar-refractivity contribution in [3.05, 3.63) is 62.7 Å². The van der Waals surface area contributed by atoms with Gasteiger partial charge in [0.15, 0.2) is 22.6 Å². The number of thiophene rings is 1. The molecule has 3 N–H and O–H groups in total. The second-order valence-corrected chi connectivity index (χ2v) is 10.8. The molecule has 1 atom stereocenters. The number of hydrogen-bond acceptors (Lipinski definition) is 8. The van der Waals surface area contributed by atoms with E-state index in [1.807, 2.05) is 53.9 Å². The molecule has 1 aromatic carbocycles. The zero-order valence-electron chi connectivity index (χ0n) is 23.2. The third-order valence-electron chi connectivity index (χ3n) is 5.13. The van der Waals surface area contributed by atoms with Crippen molar-refractivity contribution < 1.29 is 9.32 Å². The van der Waals surface area contributed by atoms with Crippen molar-refractivity contribution in [2.24, 2.45) is 10.3 Å². The molecule has 3 heterocycles. The molecule has 2 aliphatic rings. The summed E-state index contributed by atoms with van der Waals surface area (Å²) >= 11 is 8.76. The summed E-state index contributed by atoms with van der Waals surface area (Å²) in [4.78, 5) is 14.4. The number of hydrogen-bond donors (Lipinski definition) is 3. The summed E-state index contributed by atoms with van der Waals surface area (Å²) < 4.78 is 22.1. The average molecular weight is 610 g/mol. The highest BCUT2D eigenvalue weighted by Gasteiger charge is 2.28. The number of aromatic hydroxyl groups is 1. The maximum absolute atomic E-state index is 13.3. The molecule has 39 heavy (non-hydrogen) atoms. The normalized spacial score (nSPS) is 14.7. The van der Waals surface area contributed by atoms with Crippen LogP contribution in [0.1, 0.15) is 53.5 Å². The van der Waals surface area contributed by atoms with E-state index in [2.05, 4.69) is 31.7 Å². The summed E-state index contributed by atoms with van der Waals surface area (Å²) in [6, 6.07) is 8.76. The minimum absolute atomic E-state index is 0.0403. The van der Waals surface area contributed by atoms with E-state index >= 15 is 0 Å². The van der Waals surface area contributed by atoms with Crippen LogP contribution in [0.3, 0.4) is 0 Å². The number of fused-ring (bicyclic) bond motifs is 1. The van der Waals surface area contributed by atoms with Gasteiger partial charge in [-0.1, -0.05) is 77.2 Å². The van der Waals surface area contributed by atoms with E-state index in [4.69, 9.17) is 11.6 Å². The van der Waals surface area contributed by atoms with E-state index in [0.717, 1.165) is 12.1 Å². The first kappa shape index (κ1) is 32.6. The highest BCUT2D eigenvalue weighted by atomic mass is 35.5. The number of halogens is 1. The van der Waals surface area contributed by atoms with Crippen LogP contribution >= 0.6 is 34.9 Å². The van der Waals surface area contributed by atoms with Crippen LogP contribution in [0.4, 0.5) is 11.4 Å². The Hall–Kier alpha value is -2.60. The van der Waals surface area contributed by atoms with Crippen LogP contribution in [0.25, 0.3) is 10.6 Å². The molecule has 12 heteroatoms. The number of aromatic nitrogens is 2. The van der Waals surface area contributed by atoms with Crippen molar-refractivity contribution >= 4 is 63.1 Å². The number of nitrogens with zero attached hydrogens (tertiary/aromatic N) is 3. The summed E-state index contributed by atoms with van der Waals surface area (Å²) in [7, 11) is -1.76. The van der Waals surface area contributed by atoms with Gasteiger partial charge in [0.25, 0.3) is 5.56 Å². The molecular formula is C27H36ClN5O3S3. The molecule has 0 fully saturated rings. The Morgan fingerprint density at radius 2 is 1.85 bits per heavy atom. The largest absolute Gasteiger partial charge is 0.505 e. The summed E-state index contributed by atoms with van der Waals surface area (Å²) in [5.74, 6) is 0.0643. The zero-order chi connectivity index (χ0) is 29.1.